The molecule has 0 aliphatic carbocycles. The predicted octanol–water partition coefficient (Wildman–Crippen LogP) is 2.41. The Bertz CT molecular complexity index is 1200. The molecule has 2 aliphatic heterocycles. The zero-order valence-electron chi connectivity index (χ0n) is 23.2. The Labute approximate surface area is 229 Å². The molecule has 1 fully saturated rings. The van der Waals surface area contributed by atoms with Crippen LogP contribution in [0.3, 0.4) is 0 Å². The SMILES string of the molecule is CCCCN(C(=O)CN1C[C@H](c2ccc3c(c2)OCO3)C(C(=O)O)[C@@H]1CCN(C)C(C)=O)c1ccc[n+](C)c1. The highest BCUT2D eigenvalue weighted by molar-refractivity contribution is 5.94. The van der Waals surface area contributed by atoms with Crippen molar-refractivity contribution in [2.24, 2.45) is 13.0 Å². The number of aliphatic carboxylic acids is 1. The maximum atomic E-state index is 13.8. The van der Waals surface area contributed by atoms with Gasteiger partial charge in [0.1, 0.15) is 12.7 Å². The number of carboxylic acid groups (broad SMARTS) is 1. The monoisotopic (exact) mass is 539 g/mol. The number of carboxylic acids is 1. The van der Waals surface area contributed by atoms with E-state index in [0.29, 0.717) is 37.6 Å². The first-order valence-corrected chi connectivity index (χ1v) is 13.5. The zero-order valence-corrected chi connectivity index (χ0v) is 23.2. The molecule has 2 aliphatic rings. The summed E-state index contributed by atoms with van der Waals surface area (Å²) in [6.45, 7) is 5.18. The number of nitrogens with zero attached hydrogens (tertiary/aromatic N) is 4. The normalized spacial score (nSPS) is 20.2. The average Bonchev–Trinajstić information content (AvgIpc) is 3.51. The molecule has 10 heteroatoms. The van der Waals surface area contributed by atoms with E-state index in [4.69, 9.17) is 9.47 Å². The van der Waals surface area contributed by atoms with E-state index in [1.807, 2.05) is 59.2 Å². The van der Waals surface area contributed by atoms with Gasteiger partial charge in [-0.1, -0.05) is 19.4 Å². The second kappa shape index (κ2) is 12.5. The molecule has 0 bridgehead atoms. The van der Waals surface area contributed by atoms with Gasteiger partial charge in [-0.25, -0.2) is 4.57 Å². The van der Waals surface area contributed by atoms with Crippen molar-refractivity contribution >= 4 is 23.5 Å². The molecular formula is C29H39N4O6+. The molecule has 1 aromatic carbocycles. The number of fused-ring (bicyclic) bond motifs is 1. The van der Waals surface area contributed by atoms with E-state index in [1.165, 1.54) is 6.92 Å². The predicted molar refractivity (Wildman–Crippen MR) is 145 cm³/mol. The summed E-state index contributed by atoms with van der Waals surface area (Å²) in [4.78, 5) is 43.8. The number of carbonyl (C=O) groups excluding carboxylic acids is 2. The Morgan fingerprint density at radius 2 is 1.92 bits per heavy atom. The van der Waals surface area contributed by atoms with Crippen LogP contribution in [0.4, 0.5) is 5.69 Å². The fraction of sp³-hybridized carbons (Fsp3) is 0.517. The lowest BCUT2D eigenvalue weighted by Gasteiger charge is -2.30. The van der Waals surface area contributed by atoms with Crippen LogP contribution in [0.1, 0.15) is 44.6 Å². The van der Waals surface area contributed by atoms with Crippen molar-refractivity contribution in [2.75, 3.05) is 44.9 Å². The molecule has 2 amide bonds. The first kappa shape index (κ1) is 28.4. The standard InChI is InChI=1S/C29H38N4O6/c1-5-6-13-33(22-8-7-12-30(3)16-22)27(35)18-32-17-23(21-9-10-25-26(15-21)39-19-38-25)28(29(36)37)24(32)11-14-31(4)20(2)34/h7-10,12,15-16,23-24,28H,5-6,11,13-14,17-19H2,1-4H3/p+1/t23-,24+,28?/m1/s1. The summed E-state index contributed by atoms with van der Waals surface area (Å²) in [5.74, 6) is -0.943. The third-order valence-electron chi connectivity index (χ3n) is 7.77. The highest BCUT2D eigenvalue weighted by Crippen LogP contribution is 2.42. The van der Waals surface area contributed by atoms with Crippen LogP contribution in [0.2, 0.25) is 0 Å². The lowest BCUT2D eigenvalue weighted by molar-refractivity contribution is -0.670. The van der Waals surface area contributed by atoms with E-state index in [1.54, 1.807) is 16.8 Å². The zero-order chi connectivity index (χ0) is 28.1. The fourth-order valence-electron chi connectivity index (χ4n) is 5.52. The van der Waals surface area contributed by atoms with Crippen molar-refractivity contribution in [3.05, 3.63) is 48.3 Å². The second-order valence-electron chi connectivity index (χ2n) is 10.4. The lowest BCUT2D eigenvalue weighted by Crippen LogP contribution is -2.46. The number of benzene rings is 1. The van der Waals surface area contributed by atoms with E-state index in [-0.39, 0.29) is 31.1 Å². The summed E-state index contributed by atoms with van der Waals surface area (Å²) in [5.41, 5.74) is 1.65. The van der Waals surface area contributed by atoms with Gasteiger partial charge in [-0.2, -0.15) is 0 Å². The molecule has 39 heavy (non-hydrogen) atoms. The van der Waals surface area contributed by atoms with Gasteiger partial charge in [-0.15, -0.1) is 0 Å². The molecule has 0 radical (unpaired) electrons. The molecule has 1 N–H and O–H groups in total. The smallest absolute Gasteiger partial charge is 0.308 e. The number of pyridine rings is 1. The number of hydrogen-bond donors (Lipinski definition) is 1. The van der Waals surface area contributed by atoms with Gasteiger partial charge in [0.2, 0.25) is 18.6 Å². The fourth-order valence-corrected chi connectivity index (χ4v) is 5.52. The van der Waals surface area contributed by atoms with Crippen molar-refractivity contribution < 1.29 is 33.5 Å². The van der Waals surface area contributed by atoms with Crippen molar-refractivity contribution in [1.29, 1.82) is 0 Å². The number of aromatic nitrogens is 1. The lowest BCUT2D eigenvalue weighted by atomic mass is 9.84. The largest absolute Gasteiger partial charge is 0.481 e. The van der Waals surface area contributed by atoms with Crippen LogP contribution in [-0.2, 0) is 21.4 Å². The van der Waals surface area contributed by atoms with Gasteiger partial charge in [0.15, 0.2) is 23.9 Å². The van der Waals surface area contributed by atoms with Gasteiger partial charge < -0.3 is 24.4 Å². The molecule has 4 rings (SSSR count). The number of anilines is 1. The maximum absolute atomic E-state index is 13.8. The van der Waals surface area contributed by atoms with Gasteiger partial charge in [-0.05, 0) is 36.6 Å². The number of ether oxygens (including phenoxy) is 2. The third kappa shape index (κ3) is 6.50. The van der Waals surface area contributed by atoms with E-state index in [2.05, 4.69) is 6.92 Å². The molecule has 1 unspecified atom stereocenters. The summed E-state index contributed by atoms with van der Waals surface area (Å²) >= 11 is 0. The van der Waals surface area contributed by atoms with Crippen molar-refractivity contribution in [3.8, 4) is 11.5 Å². The minimum absolute atomic E-state index is 0.0740. The van der Waals surface area contributed by atoms with Crippen LogP contribution < -0.4 is 18.9 Å². The van der Waals surface area contributed by atoms with E-state index in [0.717, 1.165) is 24.1 Å². The van der Waals surface area contributed by atoms with Crippen LogP contribution in [0.5, 0.6) is 11.5 Å². The molecule has 0 saturated carbocycles. The number of unbranched alkanes of at least 4 members (excludes halogenated alkanes) is 1. The van der Waals surface area contributed by atoms with Gasteiger partial charge in [0, 0.05) is 51.6 Å². The topological polar surface area (TPSA) is 104 Å². The first-order chi connectivity index (χ1) is 18.7. The van der Waals surface area contributed by atoms with Gasteiger partial charge >= 0.3 is 5.97 Å². The van der Waals surface area contributed by atoms with Crippen LogP contribution in [-0.4, -0.2) is 78.8 Å². The quantitative estimate of drug-likeness (QED) is 0.438. The number of likely N-dealkylation sites (tertiary alicyclic amines) is 1. The molecule has 3 heterocycles. The molecule has 1 saturated heterocycles. The van der Waals surface area contributed by atoms with Gasteiger partial charge in [0.05, 0.1) is 12.5 Å². The number of carbonyl (C=O) groups is 3. The van der Waals surface area contributed by atoms with Gasteiger partial charge in [-0.3, -0.25) is 19.3 Å². The van der Waals surface area contributed by atoms with E-state index >= 15 is 0 Å². The first-order valence-electron chi connectivity index (χ1n) is 13.5. The molecule has 10 nitrogen and oxygen atoms in total. The summed E-state index contributed by atoms with van der Waals surface area (Å²) < 4.78 is 12.9. The highest BCUT2D eigenvalue weighted by atomic mass is 16.7. The van der Waals surface area contributed by atoms with Crippen LogP contribution in [0.25, 0.3) is 0 Å². The molecular weight excluding hydrogens is 500 g/mol. The number of aryl methyl sites for hydroxylation is 1. The maximum Gasteiger partial charge on any atom is 0.308 e. The van der Waals surface area contributed by atoms with Crippen molar-refractivity contribution in [2.45, 2.75) is 45.1 Å². The van der Waals surface area contributed by atoms with Crippen molar-refractivity contribution in [3.63, 3.8) is 0 Å². The molecule has 3 atom stereocenters. The Kier molecular flexibility index (Phi) is 9.06. The number of amides is 2. The molecule has 1 aromatic heterocycles. The van der Waals surface area contributed by atoms with Crippen molar-refractivity contribution in [1.82, 2.24) is 9.80 Å². The average molecular weight is 540 g/mol. The molecule has 210 valence electrons. The van der Waals surface area contributed by atoms with E-state index in [9.17, 15) is 19.5 Å². The third-order valence-corrected chi connectivity index (χ3v) is 7.77. The number of rotatable bonds is 11. The van der Waals surface area contributed by atoms with Crippen LogP contribution >= 0.6 is 0 Å². The molecule has 2 aromatic rings. The summed E-state index contributed by atoms with van der Waals surface area (Å²) in [6.07, 6.45) is 6.08. The Hall–Kier alpha value is -3.66. The van der Waals surface area contributed by atoms with Gasteiger partial charge in [0.25, 0.3) is 0 Å². The Morgan fingerprint density at radius 3 is 2.62 bits per heavy atom. The highest BCUT2D eigenvalue weighted by Gasteiger charge is 2.47. The Morgan fingerprint density at radius 1 is 1.15 bits per heavy atom. The number of hydrogen-bond acceptors (Lipinski definition) is 6. The Balaban J connectivity index is 1.63. The van der Waals surface area contributed by atoms with Crippen LogP contribution in [0.15, 0.2) is 42.7 Å². The van der Waals surface area contributed by atoms with E-state index < -0.39 is 17.9 Å². The molecule has 0 spiro atoms. The second-order valence-corrected chi connectivity index (χ2v) is 10.4. The summed E-state index contributed by atoms with van der Waals surface area (Å²) in [7, 11) is 3.63. The minimum Gasteiger partial charge on any atom is -0.481 e. The summed E-state index contributed by atoms with van der Waals surface area (Å²) in [6, 6.07) is 8.95. The minimum atomic E-state index is -0.916. The van der Waals surface area contributed by atoms with Crippen LogP contribution in [0, 0.1) is 5.92 Å². The summed E-state index contributed by atoms with van der Waals surface area (Å²) in [5, 5.41) is 10.4.